The van der Waals surface area contributed by atoms with Crippen LogP contribution in [0.3, 0.4) is 0 Å². The average Bonchev–Trinajstić information content (AvgIpc) is 2.15. The number of carbonyl (C=O) groups excluding carboxylic acids is 1. The molecule has 0 radical (unpaired) electrons. The lowest BCUT2D eigenvalue weighted by Crippen LogP contribution is -2.43. The molecule has 7 heteroatoms. The fraction of sp³-hybridized carbons (Fsp3) is 0.900. The summed E-state index contributed by atoms with van der Waals surface area (Å²) < 4.78 is 22.4. The summed E-state index contributed by atoms with van der Waals surface area (Å²) >= 11 is 0. The van der Waals surface area contributed by atoms with Crippen molar-refractivity contribution < 1.29 is 13.2 Å². The summed E-state index contributed by atoms with van der Waals surface area (Å²) in [7, 11) is -3.25. The van der Waals surface area contributed by atoms with Crippen molar-refractivity contribution in [1.82, 2.24) is 5.32 Å². The first-order valence-corrected chi connectivity index (χ1v) is 7.32. The van der Waals surface area contributed by atoms with Crippen LogP contribution in [0.25, 0.3) is 0 Å². The molecule has 0 rings (SSSR count). The number of rotatable bonds is 7. The largest absolute Gasteiger partial charge is 0.351 e. The van der Waals surface area contributed by atoms with Crippen LogP contribution in [0.15, 0.2) is 0 Å². The van der Waals surface area contributed by atoms with E-state index in [2.05, 4.69) is 5.32 Å². The van der Waals surface area contributed by atoms with Gasteiger partial charge in [-0.15, -0.1) is 12.4 Å². The lowest BCUT2D eigenvalue weighted by molar-refractivity contribution is -0.119. The Morgan fingerprint density at radius 2 is 1.88 bits per heavy atom. The van der Waals surface area contributed by atoms with Gasteiger partial charge in [-0.1, -0.05) is 20.8 Å². The van der Waals surface area contributed by atoms with Gasteiger partial charge in [0, 0.05) is 18.3 Å². The molecular formula is C10H23ClN2O3S. The third-order valence-electron chi connectivity index (χ3n) is 2.20. The molecule has 0 saturated carbocycles. The van der Waals surface area contributed by atoms with Gasteiger partial charge in [-0.05, 0) is 12.3 Å². The third-order valence-corrected chi connectivity index (χ3v) is 3.78. The Bertz CT molecular complexity index is 318. The first-order chi connectivity index (χ1) is 7.30. The SMILES string of the molecule is CCS(=O)(=O)CC(=O)NC(CN)CC(C)C.Cl. The molecule has 3 N–H and O–H groups in total. The van der Waals surface area contributed by atoms with E-state index in [4.69, 9.17) is 5.73 Å². The van der Waals surface area contributed by atoms with Crippen LogP contribution in [0.5, 0.6) is 0 Å². The van der Waals surface area contributed by atoms with Crippen LogP contribution >= 0.6 is 12.4 Å². The zero-order valence-electron chi connectivity index (χ0n) is 10.6. The van der Waals surface area contributed by atoms with Gasteiger partial charge in [-0.2, -0.15) is 0 Å². The molecule has 0 fully saturated rings. The Hall–Kier alpha value is -0.330. The van der Waals surface area contributed by atoms with E-state index in [9.17, 15) is 13.2 Å². The van der Waals surface area contributed by atoms with E-state index in [1.807, 2.05) is 13.8 Å². The van der Waals surface area contributed by atoms with Crippen LogP contribution in [0.1, 0.15) is 27.2 Å². The lowest BCUT2D eigenvalue weighted by atomic mass is 10.0. The summed E-state index contributed by atoms with van der Waals surface area (Å²) in [4.78, 5) is 11.4. The minimum atomic E-state index is -3.25. The Morgan fingerprint density at radius 3 is 2.24 bits per heavy atom. The molecular weight excluding hydrogens is 264 g/mol. The monoisotopic (exact) mass is 286 g/mol. The van der Waals surface area contributed by atoms with Crippen molar-refractivity contribution in [3.8, 4) is 0 Å². The fourth-order valence-corrected chi connectivity index (χ4v) is 2.04. The number of sulfone groups is 1. The summed E-state index contributed by atoms with van der Waals surface area (Å²) in [6.07, 6.45) is 0.758. The van der Waals surface area contributed by atoms with Crippen LogP contribution in [0, 0.1) is 5.92 Å². The first-order valence-electron chi connectivity index (χ1n) is 5.50. The molecule has 0 saturated heterocycles. The molecule has 0 aliphatic carbocycles. The van der Waals surface area contributed by atoms with Gasteiger partial charge in [0.25, 0.3) is 0 Å². The van der Waals surface area contributed by atoms with Crippen molar-refractivity contribution in [3.05, 3.63) is 0 Å². The predicted molar refractivity (Wildman–Crippen MR) is 72.0 cm³/mol. The molecule has 0 aromatic rings. The average molecular weight is 287 g/mol. The number of nitrogens with two attached hydrogens (primary N) is 1. The molecule has 5 nitrogen and oxygen atoms in total. The van der Waals surface area contributed by atoms with Crippen molar-refractivity contribution in [2.45, 2.75) is 33.2 Å². The van der Waals surface area contributed by atoms with Gasteiger partial charge in [0.05, 0.1) is 0 Å². The van der Waals surface area contributed by atoms with E-state index in [1.165, 1.54) is 6.92 Å². The highest BCUT2D eigenvalue weighted by Crippen LogP contribution is 2.03. The normalized spacial score (nSPS) is 13.0. The van der Waals surface area contributed by atoms with E-state index in [0.717, 1.165) is 6.42 Å². The van der Waals surface area contributed by atoms with Gasteiger partial charge in [0.1, 0.15) is 5.75 Å². The van der Waals surface area contributed by atoms with Crippen molar-refractivity contribution in [2.75, 3.05) is 18.1 Å². The second-order valence-corrected chi connectivity index (χ2v) is 6.66. The predicted octanol–water partition coefficient (Wildman–Crippen LogP) is 0.333. The van der Waals surface area contributed by atoms with Crippen LogP contribution < -0.4 is 11.1 Å². The topological polar surface area (TPSA) is 89.3 Å². The minimum Gasteiger partial charge on any atom is -0.351 e. The number of carbonyl (C=O) groups is 1. The molecule has 1 unspecified atom stereocenters. The maximum absolute atomic E-state index is 11.4. The van der Waals surface area contributed by atoms with Crippen molar-refractivity contribution >= 4 is 28.2 Å². The fourth-order valence-electron chi connectivity index (χ4n) is 1.35. The van der Waals surface area contributed by atoms with E-state index in [0.29, 0.717) is 12.5 Å². The van der Waals surface area contributed by atoms with Crippen LogP contribution in [0.4, 0.5) is 0 Å². The molecule has 17 heavy (non-hydrogen) atoms. The molecule has 0 aromatic heterocycles. The Morgan fingerprint density at radius 1 is 1.35 bits per heavy atom. The Labute approximate surface area is 110 Å². The molecule has 0 aliphatic heterocycles. The molecule has 0 aromatic carbocycles. The smallest absolute Gasteiger partial charge is 0.235 e. The highest BCUT2D eigenvalue weighted by atomic mass is 35.5. The Kier molecular flexibility index (Phi) is 9.75. The quantitative estimate of drug-likeness (QED) is 0.706. The van der Waals surface area contributed by atoms with Gasteiger partial charge < -0.3 is 11.1 Å². The summed E-state index contributed by atoms with van der Waals surface area (Å²) in [5, 5.41) is 2.65. The maximum atomic E-state index is 11.4. The van der Waals surface area contributed by atoms with Crippen LogP contribution in [0.2, 0.25) is 0 Å². The van der Waals surface area contributed by atoms with Gasteiger partial charge in [-0.3, -0.25) is 4.79 Å². The highest BCUT2D eigenvalue weighted by molar-refractivity contribution is 7.92. The molecule has 0 bridgehead atoms. The highest BCUT2D eigenvalue weighted by Gasteiger charge is 2.17. The van der Waals surface area contributed by atoms with Gasteiger partial charge in [-0.25, -0.2) is 8.42 Å². The maximum Gasteiger partial charge on any atom is 0.235 e. The second-order valence-electron chi connectivity index (χ2n) is 4.31. The van der Waals surface area contributed by atoms with E-state index in [-0.39, 0.29) is 24.2 Å². The lowest BCUT2D eigenvalue weighted by Gasteiger charge is -2.18. The summed E-state index contributed by atoms with van der Waals surface area (Å²) in [6.45, 7) is 5.91. The van der Waals surface area contributed by atoms with Gasteiger partial charge >= 0.3 is 0 Å². The minimum absolute atomic E-state index is 0. The summed E-state index contributed by atoms with van der Waals surface area (Å²) in [5.74, 6) is -0.509. The molecule has 104 valence electrons. The van der Waals surface area contributed by atoms with Crippen molar-refractivity contribution in [1.29, 1.82) is 0 Å². The van der Waals surface area contributed by atoms with Crippen molar-refractivity contribution in [3.63, 3.8) is 0 Å². The van der Waals surface area contributed by atoms with Crippen molar-refractivity contribution in [2.24, 2.45) is 11.7 Å². The molecule has 1 atom stereocenters. The Balaban J connectivity index is 0. The van der Waals surface area contributed by atoms with Crippen LogP contribution in [-0.2, 0) is 14.6 Å². The molecule has 0 aliphatic rings. The number of hydrogen-bond acceptors (Lipinski definition) is 4. The van der Waals surface area contributed by atoms with E-state index >= 15 is 0 Å². The van der Waals surface area contributed by atoms with Gasteiger partial charge in [0.15, 0.2) is 9.84 Å². The molecule has 1 amide bonds. The summed E-state index contributed by atoms with van der Waals surface area (Å²) in [6, 6.07) is -0.139. The summed E-state index contributed by atoms with van der Waals surface area (Å²) in [5.41, 5.74) is 5.50. The molecule has 0 spiro atoms. The zero-order valence-corrected chi connectivity index (χ0v) is 12.2. The van der Waals surface area contributed by atoms with Gasteiger partial charge in [0.2, 0.25) is 5.91 Å². The molecule has 0 heterocycles. The first kappa shape index (κ1) is 19.0. The third kappa shape index (κ3) is 9.38. The zero-order chi connectivity index (χ0) is 12.8. The number of nitrogens with one attached hydrogen (secondary N) is 1. The van der Waals surface area contributed by atoms with E-state index in [1.54, 1.807) is 0 Å². The number of halogens is 1. The number of amides is 1. The standard InChI is InChI=1S/C10H22N2O3S.ClH/c1-4-16(14,15)7-10(13)12-9(6-11)5-8(2)3;/h8-9H,4-7,11H2,1-3H3,(H,12,13);1H. The van der Waals surface area contributed by atoms with E-state index < -0.39 is 21.5 Å². The number of hydrogen-bond donors (Lipinski definition) is 2. The van der Waals surface area contributed by atoms with Crippen LogP contribution in [-0.4, -0.2) is 38.4 Å². The second kappa shape index (κ2) is 8.72.